The van der Waals surface area contributed by atoms with Crippen molar-refractivity contribution in [3.63, 3.8) is 0 Å². The van der Waals surface area contributed by atoms with Crippen molar-refractivity contribution >= 4 is 29.4 Å². The summed E-state index contributed by atoms with van der Waals surface area (Å²) in [7, 11) is -2.52. The second-order valence-electron chi connectivity index (χ2n) is 7.24. The third kappa shape index (κ3) is 5.34. The fourth-order valence-corrected chi connectivity index (χ4v) is 6.97. The first kappa shape index (κ1) is 21.3. The van der Waals surface area contributed by atoms with Crippen molar-refractivity contribution < 1.29 is 9.32 Å². The molecule has 0 saturated heterocycles. The van der Waals surface area contributed by atoms with E-state index in [0.717, 1.165) is 28.8 Å². The summed E-state index contributed by atoms with van der Waals surface area (Å²) in [6.45, 7) is 2.20. The molecule has 0 spiro atoms. The van der Waals surface area contributed by atoms with Crippen LogP contribution in [0.2, 0.25) is 0 Å². The molecular weight excluding hydrogens is 375 g/mol. The number of carbonyl (C=O) groups excluding carboxylic acids is 1. The Kier molecular flexibility index (Phi) is 8.02. The van der Waals surface area contributed by atoms with E-state index in [2.05, 4.69) is 43.3 Å². The number of carbonyl (C=O) groups is 1. The fourth-order valence-electron chi connectivity index (χ4n) is 3.59. The van der Waals surface area contributed by atoms with Crippen molar-refractivity contribution in [3.8, 4) is 0 Å². The third-order valence-corrected chi connectivity index (χ3v) is 8.64. The highest BCUT2D eigenvalue weighted by Gasteiger charge is 2.50. The SMILES string of the molecule is CCCCCCCC(=O)O[P+](c1ccccc1)(c1ccccc1)c1ccccc1. The summed E-state index contributed by atoms with van der Waals surface area (Å²) in [6, 6.07) is 30.7. The van der Waals surface area contributed by atoms with Crippen molar-refractivity contribution in [2.24, 2.45) is 0 Å². The first-order valence-corrected chi connectivity index (χ1v) is 12.3. The Morgan fingerprint density at radius 3 is 1.48 bits per heavy atom. The Bertz CT molecular complexity index is 766. The molecule has 0 fully saturated rings. The minimum absolute atomic E-state index is 0.105. The van der Waals surface area contributed by atoms with Crippen LogP contribution in [-0.4, -0.2) is 5.97 Å². The summed E-state index contributed by atoms with van der Waals surface area (Å²) in [4.78, 5) is 13.0. The zero-order chi connectivity index (χ0) is 20.4. The van der Waals surface area contributed by atoms with Gasteiger partial charge in [0.05, 0.1) is 6.42 Å². The van der Waals surface area contributed by atoms with Gasteiger partial charge in [-0.05, 0) is 42.8 Å². The summed E-state index contributed by atoms with van der Waals surface area (Å²) in [6.07, 6.45) is 6.05. The number of hydrogen-bond acceptors (Lipinski definition) is 2. The Morgan fingerprint density at radius 2 is 1.07 bits per heavy atom. The molecule has 0 aliphatic heterocycles. The predicted molar refractivity (Wildman–Crippen MR) is 125 cm³/mol. The van der Waals surface area contributed by atoms with Crippen LogP contribution in [0.5, 0.6) is 0 Å². The van der Waals surface area contributed by atoms with E-state index >= 15 is 0 Å². The van der Waals surface area contributed by atoms with Gasteiger partial charge in [0.25, 0.3) is 7.49 Å². The molecule has 3 rings (SSSR count). The monoisotopic (exact) mass is 405 g/mol. The van der Waals surface area contributed by atoms with Crippen LogP contribution in [0.15, 0.2) is 91.0 Å². The largest absolute Gasteiger partial charge is 0.351 e. The zero-order valence-electron chi connectivity index (χ0n) is 17.2. The van der Waals surface area contributed by atoms with Gasteiger partial charge in [-0.3, -0.25) is 4.52 Å². The molecule has 0 unspecified atom stereocenters. The topological polar surface area (TPSA) is 26.3 Å². The van der Waals surface area contributed by atoms with Gasteiger partial charge in [0.15, 0.2) is 0 Å². The molecule has 0 N–H and O–H groups in total. The van der Waals surface area contributed by atoms with E-state index in [0.29, 0.717) is 6.42 Å². The summed E-state index contributed by atoms with van der Waals surface area (Å²) >= 11 is 0. The van der Waals surface area contributed by atoms with E-state index in [1.54, 1.807) is 0 Å². The van der Waals surface area contributed by atoms with E-state index in [1.165, 1.54) is 19.3 Å². The van der Waals surface area contributed by atoms with Crippen LogP contribution in [0.3, 0.4) is 0 Å². The maximum Gasteiger partial charge on any atom is 0.351 e. The molecule has 0 atom stereocenters. The summed E-state index contributed by atoms with van der Waals surface area (Å²) in [5.74, 6) is -0.105. The van der Waals surface area contributed by atoms with Crippen molar-refractivity contribution in [1.82, 2.24) is 0 Å². The molecule has 0 saturated carbocycles. The lowest BCUT2D eigenvalue weighted by atomic mass is 10.1. The molecule has 0 amide bonds. The van der Waals surface area contributed by atoms with E-state index in [4.69, 9.17) is 4.52 Å². The Balaban J connectivity index is 1.98. The van der Waals surface area contributed by atoms with E-state index < -0.39 is 7.49 Å². The van der Waals surface area contributed by atoms with E-state index in [-0.39, 0.29) is 5.97 Å². The minimum atomic E-state index is -2.52. The fraction of sp³-hybridized carbons (Fsp3) is 0.269. The standard InChI is InChI=1S/C26H30O2P/c1-2-3-4-5-15-22-26(27)28-29(23-16-9-6-10-17-23,24-18-11-7-12-19-24)25-20-13-8-14-21-25/h6-14,16-21H,2-5,15,22H2,1H3/q+1. The molecule has 2 nitrogen and oxygen atoms in total. The van der Waals surface area contributed by atoms with Gasteiger partial charge in [0.1, 0.15) is 15.9 Å². The minimum Gasteiger partial charge on any atom is -0.297 e. The second kappa shape index (κ2) is 10.9. The van der Waals surface area contributed by atoms with Crippen LogP contribution >= 0.6 is 7.49 Å². The van der Waals surface area contributed by atoms with Gasteiger partial charge in [-0.25, -0.2) is 4.79 Å². The number of hydrogen-bond donors (Lipinski definition) is 0. The molecule has 3 heteroatoms. The van der Waals surface area contributed by atoms with Crippen LogP contribution < -0.4 is 15.9 Å². The summed E-state index contributed by atoms with van der Waals surface area (Å²) < 4.78 is 6.48. The van der Waals surface area contributed by atoms with Crippen LogP contribution in [0, 0.1) is 0 Å². The first-order chi connectivity index (χ1) is 14.3. The highest BCUT2D eigenvalue weighted by molar-refractivity contribution is 7.92. The van der Waals surface area contributed by atoms with Crippen molar-refractivity contribution in [3.05, 3.63) is 91.0 Å². The third-order valence-electron chi connectivity index (χ3n) is 5.08. The molecule has 0 aliphatic rings. The summed E-state index contributed by atoms with van der Waals surface area (Å²) in [5.41, 5.74) is 0. The Labute approximate surface area is 175 Å². The molecule has 3 aromatic rings. The second-order valence-corrected chi connectivity index (χ2v) is 10.2. The molecule has 0 heterocycles. The van der Waals surface area contributed by atoms with Crippen LogP contribution in [-0.2, 0) is 9.32 Å². The Hall–Kier alpha value is -2.44. The van der Waals surface area contributed by atoms with Gasteiger partial charge in [-0.1, -0.05) is 87.2 Å². The molecule has 150 valence electrons. The smallest absolute Gasteiger partial charge is 0.297 e. The summed E-state index contributed by atoms with van der Waals surface area (Å²) in [5, 5.41) is 3.20. The van der Waals surface area contributed by atoms with Crippen molar-refractivity contribution in [1.29, 1.82) is 0 Å². The quantitative estimate of drug-likeness (QED) is 0.315. The molecule has 0 aromatic heterocycles. The molecule has 0 bridgehead atoms. The molecule has 29 heavy (non-hydrogen) atoms. The number of rotatable bonds is 10. The van der Waals surface area contributed by atoms with Crippen molar-refractivity contribution in [2.75, 3.05) is 0 Å². The molecule has 0 aliphatic carbocycles. The number of unbranched alkanes of at least 4 members (excludes halogenated alkanes) is 4. The van der Waals surface area contributed by atoms with Crippen LogP contribution in [0.4, 0.5) is 0 Å². The lowest BCUT2D eigenvalue weighted by Gasteiger charge is -2.25. The van der Waals surface area contributed by atoms with Crippen LogP contribution in [0.1, 0.15) is 45.4 Å². The number of benzene rings is 3. The zero-order valence-corrected chi connectivity index (χ0v) is 18.1. The maximum absolute atomic E-state index is 13.0. The van der Waals surface area contributed by atoms with Gasteiger partial charge < -0.3 is 0 Å². The normalized spacial score (nSPS) is 11.2. The Morgan fingerprint density at radius 1 is 0.655 bits per heavy atom. The highest BCUT2D eigenvalue weighted by atomic mass is 31.2. The van der Waals surface area contributed by atoms with Gasteiger partial charge in [-0.15, -0.1) is 0 Å². The highest BCUT2D eigenvalue weighted by Crippen LogP contribution is 2.56. The molecule has 3 aromatic carbocycles. The maximum atomic E-state index is 13.0. The van der Waals surface area contributed by atoms with Gasteiger partial charge >= 0.3 is 5.97 Å². The van der Waals surface area contributed by atoms with Crippen LogP contribution in [0.25, 0.3) is 0 Å². The van der Waals surface area contributed by atoms with E-state index in [1.807, 2.05) is 54.6 Å². The molecule has 0 radical (unpaired) electrons. The first-order valence-electron chi connectivity index (χ1n) is 10.6. The lowest BCUT2D eigenvalue weighted by Crippen LogP contribution is -2.34. The average Bonchev–Trinajstić information content (AvgIpc) is 2.79. The van der Waals surface area contributed by atoms with Gasteiger partial charge in [0.2, 0.25) is 0 Å². The van der Waals surface area contributed by atoms with E-state index in [9.17, 15) is 4.79 Å². The average molecular weight is 405 g/mol. The van der Waals surface area contributed by atoms with Gasteiger partial charge in [-0.2, -0.15) is 0 Å². The lowest BCUT2D eigenvalue weighted by molar-refractivity contribution is -0.133. The predicted octanol–water partition coefficient (Wildman–Crippen LogP) is 5.80. The van der Waals surface area contributed by atoms with Crippen molar-refractivity contribution in [2.45, 2.75) is 45.4 Å². The van der Waals surface area contributed by atoms with Gasteiger partial charge in [0, 0.05) is 0 Å². The molecular formula is C26H30O2P+.